The van der Waals surface area contributed by atoms with Crippen LogP contribution in [0.25, 0.3) is 10.8 Å². The smallest absolute Gasteiger partial charge is 0.410 e. The van der Waals surface area contributed by atoms with Gasteiger partial charge in [-0.1, -0.05) is 60.7 Å². The van der Waals surface area contributed by atoms with Gasteiger partial charge in [0.05, 0.1) is 36.5 Å². The zero-order valence-corrected chi connectivity index (χ0v) is 27.9. The van der Waals surface area contributed by atoms with Gasteiger partial charge in [0.2, 0.25) is 0 Å². The molecule has 0 N–H and O–H groups in total. The van der Waals surface area contributed by atoms with E-state index in [-0.39, 0.29) is 30.9 Å². The molecule has 49 heavy (non-hydrogen) atoms. The average molecular weight is 664 g/mol. The first-order valence-corrected chi connectivity index (χ1v) is 17.2. The minimum atomic E-state index is -0.428. The maximum absolute atomic E-state index is 15.6. The van der Waals surface area contributed by atoms with E-state index in [1.807, 2.05) is 60.7 Å². The van der Waals surface area contributed by atoms with E-state index < -0.39 is 6.09 Å². The summed E-state index contributed by atoms with van der Waals surface area (Å²) >= 11 is 0. The number of carbonyl (C=O) groups is 1. The van der Waals surface area contributed by atoms with Gasteiger partial charge in [-0.25, -0.2) is 9.18 Å². The molecule has 10 nitrogen and oxygen atoms in total. The molecule has 2 saturated heterocycles. The van der Waals surface area contributed by atoms with Gasteiger partial charge >= 0.3 is 12.1 Å². The second-order valence-corrected chi connectivity index (χ2v) is 13.2. The van der Waals surface area contributed by atoms with Gasteiger partial charge in [-0.05, 0) is 56.3 Å². The molecule has 0 spiro atoms. The molecule has 0 bridgehead atoms. The molecular formula is C38H42FN7O3. The predicted octanol–water partition coefficient (Wildman–Crippen LogP) is 5.94. The second kappa shape index (κ2) is 14.7. The van der Waals surface area contributed by atoms with E-state index in [4.69, 9.17) is 19.4 Å². The number of aromatic nitrogens is 2. The van der Waals surface area contributed by atoms with Gasteiger partial charge < -0.3 is 29.1 Å². The van der Waals surface area contributed by atoms with Crippen LogP contribution >= 0.6 is 0 Å². The van der Waals surface area contributed by atoms with E-state index in [0.29, 0.717) is 57.4 Å². The number of amides is 1. The number of nitrogens with zero attached hydrogens (tertiary/aromatic N) is 7. The Morgan fingerprint density at radius 3 is 2.61 bits per heavy atom. The first kappa shape index (κ1) is 32.6. The molecule has 1 aromatic heterocycles. The summed E-state index contributed by atoms with van der Waals surface area (Å²) in [4.78, 5) is 31.5. The summed E-state index contributed by atoms with van der Waals surface area (Å²) < 4.78 is 27.6. The molecule has 11 heteroatoms. The summed E-state index contributed by atoms with van der Waals surface area (Å²) in [6, 6.07) is 23.3. The number of hydrogen-bond acceptors (Lipinski definition) is 9. The lowest BCUT2D eigenvalue weighted by atomic mass is 10.1. The number of fused-ring (bicyclic) bond motifs is 2. The van der Waals surface area contributed by atoms with Crippen LogP contribution in [0.5, 0.6) is 6.01 Å². The van der Waals surface area contributed by atoms with Crippen molar-refractivity contribution in [3.8, 4) is 12.1 Å². The van der Waals surface area contributed by atoms with Gasteiger partial charge in [-0.3, -0.25) is 0 Å². The molecule has 1 amide bonds. The number of rotatable bonds is 8. The van der Waals surface area contributed by atoms with Gasteiger partial charge in [0, 0.05) is 43.2 Å². The molecule has 4 aromatic rings. The average Bonchev–Trinajstić information content (AvgIpc) is 3.42. The summed E-state index contributed by atoms with van der Waals surface area (Å²) in [5.41, 5.74) is 3.30. The molecule has 0 unspecified atom stereocenters. The minimum absolute atomic E-state index is 0.162. The lowest BCUT2D eigenvalue weighted by molar-refractivity contribution is 0.0767. The first-order valence-electron chi connectivity index (χ1n) is 17.2. The molecule has 7 rings (SSSR count). The third-order valence-corrected chi connectivity index (χ3v) is 10.0. The molecule has 0 aliphatic carbocycles. The van der Waals surface area contributed by atoms with Crippen molar-refractivity contribution in [1.82, 2.24) is 19.8 Å². The topological polar surface area (TPSA) is 98.1 Å². The molecule has 0 radical (unpaired) electrons. The highest BCUT2D eigenvalue weighted by atomic mass is 19.1. The van der Waals surface area contributed by atoms with E-state index in [9.17, 15) is 10.1 Å². The summed E-state index contributed by atoms with van der Waals surface area (Å²) in [5.74, 6) is 0.507. The normalized spacial score (nSPS) is 19.7. The Hall–Kier alpha value is -4.95. The van der Waals surface area contributed by atoms with Crippen LogP contribution in [0.4, 0.5) is 20.7 Å². The van der Waals surface area contributed by atoms with Crippen LogP contribution in [0, 0.1) is 17.1 Å². The number of nitriles is 1. The number of piperazine rings is 1. The lowest BCUT2D eigenvalue weighted by Gasteiger charge is -2.41. The van der Waals surface area contributed by atoms with Crippen molar-refractivity contribution in [1.29, 1.82) is 5.26 Å². The number of carbonyl (C=O) groups excluding carboxylic acids is 1. The van der Waals surface area contributed by atoms with E-state index in [2.05, 4.69) is 27.8 Å². The number of likely N-dealkylation sites (N-methyl/N-ethyl adjacent to an activating group) is 1. The number of likely N-dealkylation sites (tertiary alicyclic amines) is 1. The zero-order valence-electron chi connectivity index (χ0n) is 27.9. The second-order valence-electron chi connectivity index (χ2n) is 13.2. The van der Waals surface area contributed by atoms with Crippen LogP contribution in [-0.2, 0) is 24.3 Å². The number of halogens is 1. The van der Waals surface area contributed by atoms with Crippen molar-refractivity contribution >= 4 is 28.4 Å². The first-order chi connectivity index (χ1) is 24.0. The highest BCUT2D eigenvalue weighted by Gasteiger charge is 2.35. The minimum Gasteiger partial charge on any atom is -0.462 e. The molecule has 3 aliphatic rings. The fraction of sp³-hybridized carbons (Fsp3) is 0.421. The van der Waals surface area contributed by atoms with Crippen LogP contribution in [0.15, 0.2) is 66.7 Å². The van der Waals surface area contributed by atoms with Crippen molar-refractivity contribution in [3.63, 3.8) is 0 Å². The Bertz CT molecular complexity index is 1830. The van der Waals surface area contributed by atoms with Crippen LogP contribution < -0.4 is 14.5 Å². The molecule has 3 aliphatic heterocycles. The summed E-state index contributed by atoms with van der Waals surface area (Å²) in [5, 5.41) is 11.6. The third-order valence-electron chi connectivity index (χ3n) is 10.0. The Labute approximate surface area is 286 Å². The van der Waals surface area contributed by atoms with Crippen molar-refractivity contribution in [3.05, 3.63) is 89.4 Å². The van der Waals surface area contributed by atoms with Gasteiger partial charge in [-0.15, -0.1) is 0 Å². The fourth-order valence-electron chi connectivity index (χ4n) is 7.39. The van der Waals surface area contributed by atoms with Crippen molar-refractivity contribution in [2.24, 2.45) is 0 Å². The van der Waals surface area contributed by atoms with E-state index in [0.717, 1.165) is 59.2 Å². The number of anilines is 2. The van der Waals surface area contributed by atoms with Crippen LogP contribution in [-0.4, -0.2) is 84.3 Å². The Kier molecular flexibility index (Phi) is 9.75. The lowest BCUT2D eigenvalue weighted by Crippen LogP contribution is -2.55. The van der Waals surface area contributed by atoms with Gasteiger partial charge in [0.15, 0.2) is 0 Å². The molecule has 2 atom stereocenters. The number of benzene rings is 3. The van der Waals surface area contributed by atoms with Crippen molar-refractivity contribution in [2.75, 3.05) is 56.2 Å². The summed E-state index contributed by atoms with van der Waals surface area (Å²) in [6.07, 6.45) is 3.41. The van der Waals surface area contributed by atoms with Crippen LogP contribution in [0.1, 0.15) is 42.5 Å². The highest BCUT2D eigenvalue weighted by Crippen LogP contribution is 2.36. The van der Waals surface area contributed by atoms with E-state index in [1.165, 1.54) is 0 Å². The quantitative estimate of drug-likeness (QED) is 0.227. The van der Waals surface area contributed by atoms with Crippen molar-refractivity contribution < 1.29 is 18.7 Å². The number of hydrogen-bond donors (Lipinski definition) is 0. The molecular weight excluding hydrogens is 621 g/mol. The summed E-state index contributed by atoms with van der Waals surface area (Å²) in [6.45, 7) is 4.06. The van der Waals surface area contributed by atoms with Gasteiger partial charge in [0.1, 0.15) is 24.8 Å². The van der Waals surface area contributed by atoms with Crippen molar-refractivity contribution in [2.45, 2.75) is 57.3 Å². The largest absolute Gasteiger partial charge is 0.462 e. The summed E-state index contributed by atoms with van der Waals surface area (Å²) in [7, 11) is 2.11. The molecule has 0 saturated carbocycles. The Morgan fingerprint density at radius 1 is 0.959 bits per heavy atom. The zero-order chi connectivity index (χ0) is 33.7. The maximum atomic E-state index is 15.6. The molecule has 4 heterocycles. The van der Waals surface area contributed by atoms with Crippen LogP contribution in [0.2, 0.25) is 0 Å². The van der Waals surface area contributed by atoms with Crippen LogP contribution in [0.3, 0.4) is 0 Å². The van der Waals surface area contributed by atoms with Gasteiger partial charge in [0.25, 0.3) is 0 Å². The Balaban J connectivity index is 1.18. The molecule has 3 aromatic carbocycles. The van der Waals surface area contributed by atoms with Gasteiger partial charge in [-0.2, -0.15) is 15.2 Å². The third kappa shape index (κ3) is 7.10. The Morgan fingerprint density at radius 2 is 1.80 bits per heavy atom. The standard InChI is InChI=1S/C38H42FN7O3/c1-43-19-7-12-30(43)26-48-37-41-34-24-44(35-31-13-6-5-11-28(31)15-16-33(35)39)20-8-14-32(34)36(42-37)45-21-22-46(29(23-45)17-18-40)38(47)49-25-27-9-3-2-4-10-27/h2-6,9-11,13,15-16,29-30H,7-8,12,14,17,19-26H2,1H3/t29-,30-/m0/s1. The molecule has 2 fully saturated rings. The van der Waals surface area contributed by atoms with E-state index in [1.54, 1.807) is 11.0 Å². The SMILES string of the molecule is CN1CCC[C@H]1COc1nc2c(c(N3CCN(C(=O)OCc4ccccc4)[C@@H](CC#N)C3)n1)CCCN(c1c(F)ccc3ccccc13)C2. The molecule has 254 valence electrons. The fourth-order valence-corrected chi connectivity index (χ4v) is 7.39. The predicted molar refractivity (Wildman–Crippen MR) is 186 cm³/mol. The monoisotopic (exact) mass is 663 g/mol. The maximum Gasteiger partial charge on any atom is 0.410 e. The highest BCUT2D eigenvalue weighted by molar-refractivity contribution is 5.94. The number of ether oxygens (including phenoxy) is 2. The van der Waals surface area contributed by atoms with E-state index >= 15 is 4.39 Å².